The van der Waals surface area contributed by atoms with E-state index in [2.05, 4.69) is 15.3 Å². The number of furan rings is 1. The molecule has 0 aromatic carbocycles. The predicted octanol–water partition coefficient (Wildman–Crippen LogP) is 1.27. The van der Waals surface area contributed by atoms with Crippen LogP contribution < -0.4 is 5.32 Å². The number of rotatable bonds is 3. The number of amides is 1. The van der Waals surface area contributed by atoms with Gasteiger partial charge in [0.1, 0.15) is 5.76 Å². The zero-order chi connectivity index (χ0) is 12.5. The molecule has 18 heavy (non-hydrogen) atoms. The van der Waals surface area contributed by atoms with E-state index in [4.69, 9.17) is 4.42 Å². The number of anilines is 1. The van der Waals surface area contributed by atoms with Crippen molar-refractivity contribution in [1.29, 1.82) is 0 Å². The third-order valence-corrected chi connectivity index (χ3v) is 2.88. The fourth-order valence-electron chi connectivity index (χ4n) is 1.98. The number of fused-ring (bicyclic) bond motifs is 1. The summed E-state index contributed by atoms with van der Waals surface area (Å²) in [6.07, 6.45) is 3.17. The molecule has 6 nitrogen and oxygen atoms in total. The maximum atomic E-state index is 12.1. The van der Waals surface area contributed by atoms with Gasteiger partial charge in [-0.25, -0.2) is 9.97 Å². The molecule has 0 unspecified atom stereocenters. The minimum absolute atomic E-state index is 0.0518. The molecule has 0 fully saturated rings. The lowest BCUT2D eigenvalue weighted by molar-refractivity contribution is 0.0754. The van der Waals surface area contributed by atoms with Gasteiger partial charge in [0.15, 0.2) is 0 Å². The molecule has 0 aliphatic carbocycles. The summed E-state index contributed by atoms with van der Waals surface area (Å²) in [6.45, 7) is 0.948. The SMILES string of the molecule is CNc1ncc2c(n1)CN(Cc1ccco1)C2=O. The minimum atomic E-state index is -0.0518. The van der Waals surface area contributed by atoms with Crippen molar-refractivity contribution >= 4 is 11.9 Å². The van der Waals surface area contributed by atoms with E-state index in [-0.39, 0.29) is 5.91 Å². The number of aromatic nitrogens is 2. The van der Waals surface area contributed by atoms with Gasteiger partial charge in [-0.15, -0.1) is 0 Å². The minimum Gasteiger partial charge on any atom is -0.467 e. The molecule has 3 heterocycles. The molecule has 0 spiro atoms. The fraction of sp³-hybridized carbons (Fsp3) is 0.250. The molecular formula is C12H12N4O2. The van der Waals surface area contributed by atoms with E-state index in [1.165, 1.54) is 0 Å². The average Bonchev–Trinajstić information content (AvgIpc) is 2.99. The van der Waals surface area contributed by atoms with Crippen molar-refractivity contribution in [3.05, 3.63) is 41.6 Å². The Hall–Kier alpha value is -2.37. The number of carbonyl (C=O) groups excluding carboxylic acids is 1. The van der Waals surface area contributed by atoms with Crippen LogP contribution in [-0.2, 0) is 13.1 Å². The molecule has 3 rings (SSSR count). The summed E-state index contributed by atoms with van der Waals surface area (Å²) in [5.41, 5.74) is 1.33. The lowest BCUT2D eigenvalue weighted by Crippen LogP contribution is -2.22. The second-order valence-corrected chi connectivity index (χ2v) is 4.04. The second-order valence-electron chi connectivity index (χ2n) is 4.04. The summed E-state index contributed by atoms with van der Waals surface area (Å²) in [7, 11) is 1.75. The van der Waals surface area contributed by atoms with Crippen LogP contribution >= 0.6 is 0 Å². The maximum Gasteiger partial charge on any atom is 0.258 e. The molecule has 0 saturated carbocycles. The Bertz CT molecular complexity index is 580. The highest BCUT2D eigenvalue weighted by Gasteiger charge is 2.29. The summed E-state index contributed by atoms with van der Waals surface area (Å²) in [6, 6.07) is 3.66. The summed E-state index contributed by atoms with van der Waals surface area (Å²) >= 11 is 0. The smallest absolute Gasteiger partial charge is 0.258 e. The van der Waals surface area contributed by atoms with Gasteiger partial charge in [-0.2, -0.15) is 0 Å². The van der Waals surface area contributed by atoms with E-state index in [0.29, 0.717) is 24.6 Å². The molecule has 1 N–H and O–H groups in total. The van der Waals surface area contributed by atoms with Gasteiger partial charge in [0.25, 0.3) is 5.91 Å². The first-order valence-electron chi connectivity index (χ1n) is 5.63. The van der Waals surface area contributed by atoms with E-state index in [1.54, 1.807) is 24.4 Å². The number of nitrogens with zero attached hydrogens (tertiary/aromatic N) is 3. The predicted molar refractivity (Wildman–Crippen MR) is 63.9 cm³/mol. The molecule has 92 valence electrons. The Balaban J connectivity index is 1.84. The van der Waals surface area contributed by atoms with Crippen molar-refractivity contribution in [2.45, 2.75) is 13.1 Å². The zero-order valence-corrected chi connectivity index (χ0v) is 9.88. The standard InChI is InChI=1S/C12H12N4O2/c1-13-12-14-5-9-10(15-12)7-16(11(9)17)6-8-3-2-4-18-8/h2-5H,6-7H2,1H3,(H,13,14,15). The maximum absolute atomic E-state index is 12.1. The largest absolute Gasteiger partial charge is 0.467 e. The van der Waals surface area contributed by atoms with Crippen LogP contribution in [0.25, 0.3) is 0 Å². The zero-order valence-electron chi connectivity index (χ0n) is 9.88. The highest BCUT2D eigenvalue weighted by molar-refractivity contribution is 5.97. The Labute approximate surface area is 104 Å². The number of nitrogens with one attached hydrogen (secondary N) is 1. The van der Waals surface area contributed by atoms with E-state index in [9.17, 15) is 4.79 Å². The molecule has 0 saturated heterocycles. The van der Waals surface area contributed by atoms with Gasteiger partial charge in [0.2, 0.25) is 5.95 Å². The summed E-state index contributed by atoms with van der Waals surface area (Å²) in [5.74, 6) is 1.24. The number of hydrogen-bond acceptors (Lipinski definition) is 5. The second kappa shape index (κ2) is 4.14. The molecular weight excluding hydrogens is 232 g/mol. The molecule has 6 heteroatoms. The van der Waals surface area contributed by atoms with Crippen molar-refractivity contribution in [1.82, 2.24) is 14.9 Å². The third kappa shape index (κ3) is 1.71. The quantitative estimate of drug-likeness (QED) is 0.880. The molecule has 1 aliphatic heterocycles. The average molecular weight is 244 g/mol. The van der Waals surface area contributed by atoms with E-state index >= 15 is 0 Å². The molecule has 0 radical (unpaired) electrons. The Morgan fingerprint density at radius 1 is 1.56 bits per heavy atom. The van der Waals surface area contributed by atoms with E-state index in [1.807, 2.05) is 12.1 Å². The third-order valence-electron chi connectivity index (χ3n) is 2.88. The lowest BCUT2D eigenvalue weighted by atomic mass is 10.3. The van der Waals surface area contributed by atoms with Crippen LogP contribution in [0.1, 0.15) is 21.8 Å². The molecule has 2 aromatic heterocycles. The normalized spacial score (nSPS) is 13.8. The van der Waals surface area contributed by atoms with Crippen molar-refractivity contribution in [3.63, 3.8) is 0 Å². The van der Waals surface area contributed by atoms with Gasteiger partial charge in [-0.05, 0) is 12.1 Å². The van der Waals surface area contributed by atoms with Crippen LogP contribution in [0.4, 0.5) is 5.95 Å². The highest BCUT2D eigenvalue weighted by atomic mass is 16.3. The highest BCUT2D eigenvalue weighted by Crippen LogP contribution is 2.23. The van der Waals surface area contributed by atoms with Crippen LogP contribution in [0.15, 0.2) is 29.0 Å². The molecule has 0 atom stereocenters. The lowest BCUT2D eigenvalue weighted by Gasteiger charge is -2.12. The van der Waals surface area contributed by atoms with Crippen molar-refractivity contribution in [3.8, 4) is 0 Å². The fourth-order valence-corrected chi connectivity index (χ4v) is 1.98. The van der Waals surface area contributed by atoms with Crippen LogP contribution in [-0.4, -0.2) is 27.8 Å². The molecule has 0 bridgehead atoms. The first kappa shape index (κ1) is 10.8. The monoisotopic (exact) mass is 244 g/mol. The first-order chi connectivity index (χ1) is 8.78. The van der Waals surface area contributed by atoms with Crippen molar-refractivity contribution < 1.29 is 9.21 Å². The summed E-state index contributed by atoms with van der Waals surface area (Å²) < 4.78 is 5.25. The van der Waals surface area contributed by atoms with Crippen LogP contribution in [0.5, 0.6) is 0 Å². The van der Waals surface area contributed by atoms with Crippen molar-refractivity contribution in [2.75, 3.05) is 12.4 Å². The van der Waals surface area contributed by atoms with Gasteiger partial charge < -0.3 is 14.6 Å². The first-order valence-corrected chi connectivity index (χ1v) is 5.63. The van der Waals surface area contributed by atoms with Crippen LogP contribution in [0.3, 0.4) is 0 Å². The topological polar surface area (TPSA) is 71.3 Å². The Kier molecular flexibility index (Phi) is 2.47. The van der Waals surface area contributed by atoms with Gasteiger partial charge in [0, 0.05) is 13.2 Å². The molecule has 1 aliphatic rings. The van der Waals surface area contributed by atoms with E-state index in [0.717, 1.165) is 11.5 Å². The number of carbonyl (C=O) groups is 1. The number of hydrogen-bond donors (Lipinski definition) is 1. The summed E-state index contributed by atoms with van der Waals surface area (Å²) in [5, 5.41) is 2.86. The van der Waals surface area contributed by atoms with Gasteiger partial charge in [-0.3, -0.25) is 4.79 Å². The van der Waals surface area contributed by atoms with Crippen molar-refractivity contribution in [2.24, 2.45) is 0 Å². The molecule has 2 aromatic rings. The van der Waals surface area contributed by atoms with Gasteiger partial charge in [0.05, 0.1) is 30.6 Å². The Morgan fingerprint density at radius 3 is 3.17 bits per heavy atom. The summed E-state index contributed by atoms with van der Waals surface area (Å²) in [4.78, 5) is 22.1. The van der Waals surface area contributed by atoms with E-state index < -0.39 is 0 Å². The van der Waals surface area contributed by atoms with Gasteiger partial charge >= 0.3 is 0 Å². The van der Waals surface area contributed by atoms with Gasteiger partial charge in [-0.1, -0.05) is 0 Å². The van der Waals surface area contributed by atoms with Crippen LogP contribution in [0.2, 0.25) is 0 Å². The molecule has 1 amide bonds. The Morgan fingerprint density at radius 2 is 2.44 bits per heavy atom. The van der Waals surface area contributed by atoms with Crippen LogP contribution in [0, 0.1) is 0 Å².